The molecule has 0 aromatic heterocycles. The van der Waals surface area contributed by atoms with Gasteiger partial charge in [0.1, 0.15) is 11.4 Å². The van der Waals surface area contributed by atoms with E-state index in [9.17, 15) is 9.59 Å². The van der Waals surface area contributed by atoms with Crippen LogP contribution in [-0.4, -0.2) is 30.8 Å². The molecular formula is C36H46O5. The monoisotopic (exact) mass is 558 g/mol. The summed E-state index contributed by atoms with van der Waals surface area (Å²) in [6.07, 6.45) is 12.0. The maximum Gasteiger partial charge on any atom is 0.330 e. The Balaban J connectivity index is 1.36. The van der Waals surface area contributed by atoms with E-state index in [0.29, 0.717) is 26.1 Å². The lowest BCUT2D eigenvalue weighted by Gasteiger charge is -2.57. The lowest BCUT2D eigenvalue weighted by molar-refractivity contribution is -0.150. The Bertz CT molecular complexity index is 1210. The number of carbonyl (C=O) groups excluding carboxylic acids is 2. The first-order valence-electron chi connectivity index (χ1n) is 15.6. The van der Waals surface area contributed by atoms with Crippen LogP contribution in [0.15, 0.2) is 55.1 Å². The third-order valence-electron chi connectivity index (χ3n) is 9.39. The Morgan fingerprint density at radius 2 is 1.63 bits per heavy atom. The van der Waals surface area contributed by atoms with Gasteiger partial charge >= 0.3 is 11.9 Å². The summed E-state index contributed by atoms with van der Waals surface area (Å²) in [4.78, 5) is 23.4. The van der Waals surface area contributed by atoms with Crippen LogP contribution in [0.5, 0.6) is 5.75 Å². The quantitative estimate of drug-likeness (QED) is 0.142. The summed E-state index contributed by atoms with van der Waals surface area (Å²) in [6, 6.07) is 15.5. The molecule has 0 heterocycles. The van der Waals surface area contributed by atoms with Crippen LogP contribution >= 0.6 is 0 Å². The lowest BCUT2D eigenvalue weighted by atomic mass is 9.47. The number of hydrogen-bond acceptors (Lipinski definition) is 5. The Labute approximate surface area is 245 Å². The van der Waals surface area contributed by atoms with Gasteiger partial charge in [0.2, 0.25) is 0 Å². The average molecular weight is 559 g/mol. The van der Waals surface area contributed by atoms with Crippen LogP contribution in [0.2, 0.25) is 0 Å². The highest BCUT2D eigenvalue weighted by Crippen LogP contribution is 2.62. The SMILES string of the molecule is C=CC(=O)OC(C)(C)Cc1ccc(-c2ccc(OCCCCC(=O)OCC)cc2C23CC4CC(CC(C4)C2)C3)cc1. The molecule has 2 aromatic rings. The summed E-state index contributed by atoms with van der Waals surface area (Å²) < 4.78 is 16.9. The summed E-state index contributed by atoms with van der Waals surface area (Å²) in [5, 5.41) is 0. The topological polar surface area (TPSA) is 61.8 Å². The maximum atomic E-state index is 11.8. The van der Waals surface area contributed by atoms with E-state index in [-0.39, 0.29) is 11.4 Å². The molecule has 0 saturated heterocycles. The first-order valence-corrected chi connectivity index (χ1v) is 15.6. The second-order valence-electron chi connectivity index (χ2n) is 13.3. The fraction of sp³-hybridized carbons (Fsp3) is 0.556. The van der Waals surface area contributed by atoms with E-state index in [0.717, 1.165) is 41.9 Å². The third-order valence-corrected chi connectivity index (χ3v) is 9.39. The number of hydrogen-bond donors (Lipinski definition) is 0. The van der Waals surface area contributed by atoms with Crippen LogP contribution in [0, 0.1) is 17.8 Å². The summed E-state index contributed by atoms with van der Waals surface area (Å²) in [7, 11) is 0. The van der Waals surface area contributed by atoms with Gasteiger partial charge in [-0.2, -0.15) is 0 Å². The largest absolute Gasteiger partial charge is 0.494 e. The van der Waals surface area contributed by atoms with E-state index in [1.165, 1.54) is 61.3 Å². The van der Waals surface area contributed by atoms with Crippen LogP contribution in [-0.2, 0) is 30.9 Å². The molecule has 4 bridgehead atoms. The Morgan fingerprint density at radius 1 is 0.976 bits per heavy atom. The predicted octanol–water partition coefficient (Wildman–Crippen LogP) is 7.98. The zero-order valence-electron chi connectivity index (χ0n) is 25.1. The number of benzene rings is 2. The molecule has 0 spiro atoms. The molecule has 0 radical (unpaired) electrons. The Hall–Kier alpha value is -3.08. The molecule has 0 atom stereocenters. The van der Waals surface area contributed by atoms with Crippen LogP contribution in [0.25, 0.3) is 11.1 Å². The molecule has 220 valence electrons. The van der Waals surface area contributed by atoms with Gasteiger partial charge in [0.25, 0.3) is 0 Å². The van der Waals surface area contributed by atoms with Crippen molar-refractivity contribution in [2.45, 2.75) is 96.0 Å². The minimum Gasteiger partial charge on any atom is -0.494 e. The summed E-state index contributed by atoms with van der Waals surface area (Å²) in [5.74, 6) is 2.96. The molecule has 4 saturated carbocycles. The molecule has 5 heteroatoms. The number of esters is 2. The minimum absolute atomic E-state index is 0.131. The van der Waals surface area contributed by atoms with Crippen LogP contribution in [0.1, 0.15) is 89.7 Å². The van der Waals surface area contributed by atoms with Crippen molar-refractivity contribution in [1.29, 1.82) is 0 Å². The Morgan fingerprint density at radius 3 is 2.24 bits per heavy atom. The van der Waals surface area contributed by atoms with Crippen molar-refractivity contribution in [2.75, 3.05) is 13.2 Å². The van der Waals surface area contributed by atoms with Gasteiger partial charge in [-0.05, 0) is 130 Å². The second kappa shape index (κ2) is 12.4. The zero-order chi connectivity index (χ0) is 29.0. The standard InChI is InChI=1S/C36H46O5/c1-5-33(37)41-35(3,4)21-25-10-12-29(13-11-25)31-15-14-30(40-16-8-7-9-34(38)39-6-2)20-32(31)36-22-26-17-27(23-36)19-28(18-26)24-36/h5,10-15,20,26-28H,1,6-9,16-19,21-24H2,2-4H3. The molecule has 0 aliphatic heterocycles. The zero-order valence-corrected chi connectivity index (χ0v) is 25.1. The normalized spacial score (nSPS) is 24.6. The van der Waals surface area contributed by atoms with Crippen molar-refractivity contribution < 1.29 is 23.8 Å². The van der Waals surface area contributed by atoms with Gasteiger partial charge in [0, 0.05) is 18.9 Å². The van der Waals surface area contributed by atoms with Gasteiger partial charge in [-0.3, -0.25) is 4.79 Å². The number of rotatable bonds is 13. The van der Waals surface area contributed by atoms with E-state index < -0.39 is 11.6 Å². The van der Waals surface area contributed by atoms with Gasteiger partial charge in [-0.15, -0.1) is 0 Å². The van der Waals surface area contributed by atoms with E-state index in [1.807, 2.05) is 20.8 Å². The molecule has 0 N–H and O–H groups in total. The molecular weight excluding hydrogens is 512 g/mol. The first-order chi connectivity index (χ1) is 19.7. The number of carbonyl (C=O) groups is 2. The summed E-state index contributed by atoms with van der Waals surface area (Å²) >= 11 is 0. The van der Waals surface area contributed by atoms with Crippen molar-refractivity contribution in [3.63, 3.8) is 0 Å². The Kier molecular flexibility index (Phi) is 8.91. The van der Waals surface area contributed by atoms with Gasteiger partial charge < -0.3 is 14.2 Å². The first kappa shape index (κ1) is 29.4. The average Bonchev–Trinajstić information content (AvgIpc) is 2.92. The van der Waals surface area contributed by atoms with Crippen molar-refractivity contribution in [3.8, 4) is 16.9 Å². The molecule has 41 heavy (non-hydrogen) atoms. The van der Waals surface area contributed by atoms with Crippen LogP contribution in [0.4, 0.5) is 0 Å². The van der Waals surface area contributed by atoms with E-state index in [1.54, 1.807) is 0 Å². The van der Waals surface area contributed by atoms with Crippen molar-refractivity contribution in [2.24, 2.45) is 17.8 Å². The second-order valence-corrected chi connectivity index (χ2v) is 13.3. The highest BCUT2D eigenvalue weighted by Gasteiger charge is 2.52. The summed E-state index contributed by atoms with van der Waals surface area (Å²) in [5.41, 5.74) is 4.74. The molecule has 2 aromatic carbocycles. The fourth-order valence-corrected chi connectivity index (χ4v) is 8.18. The molecule has 0 unspecified atom stereocenters. The number of unbranched alkanes of at least 4 members (excludes halogenated alkanes) is 1. The molecule has 5 nitrogen and oxygen atoms in total. The highest BCUT2D eigenvalue weighted by molar-refractivity contribution is 5.81. The van der Waals surface area contributed by atoms with E-state index in [4.69, 9.17) is 14.2 Å². The van der Waals surface area contributed by atoms with Crippen molar-refractivity contribution in [3.05, 3.63) is 66.2 Å². The maximum absolute atomic E-state index is 11.8. The predicted molar refractivity (Wildman–Crippen MR) is 162 cm³/mol. The van der Waals surface area contributed by atoms with Crippen LogP contribution < -0.4 is 4.74 Å². The van der Waals surface area contributed by atoms with Gasteiger partial charge in [0.05, 0.1) is 13.2 Å². The molecule has 4 aliphatic carbocycles. The van der Waals surface area contributed by atoms with Gasteiger partial charge in [-0.1, -0.05) is 36.9 Å². The van der Waals surface area contributed by atoms with Gasteiger partial charge in [-0.25, -0.2) is 4.79 Å². The smallest absolute Gasteiger partial charge is 0.330 e. The van der Waals surface area contributed by atoms with Crippen molar-refractivity contribution in [1.82, 2.24) is 0 Å². The molecule has 0 amide bonds. The fourth-order valence-electron chi connectivity index (χ4n) is 8.18. The van der Waals surface area contributed by atoms with Crippen molar-refractivity contribution >= 4 is 11.9 Å². The highest BCUT2D eigenvalue weighted by atomic mass is 16.6. The molecule has 4 aliphatic rings. The molecule has 4 fully saturated rings. The van der Waals surface area contributed by atoms with E-state index >= 15 is 0 Å². The minimum atomic E-state index is -0.605. The summed E-state index contributed by atoms with van der Waals surface area (Å²) in [6.45, 7) is 10.2. The third kappa shape index (κ3) is 7.05. The van der Waals surface area contributed by atoms with E-state index in [2.05, 4.69) is 49.0 Å². The lowest BCUT2D eigenvalue weighted by Crippen LogP contribution is -2.48. The number of ether oxygens (including phenoxy) is 3. The van der Waals surface area contributed by atoms with Gasteiger partial charge in [0.15, 0.2) is 0 Å². The van der Waals surface area contributed by atoms with Crippen LogP contribution in [0.3, 0.4) is 0 Å². The molecule has 6 rings (SSSR count).